The molecule has 0 aliphatic heterocycles. The zero-order valence-electron chi connectivity index (χ0n) is 9.71. The van der Waals surface area contributed by atoms with Crippen molar-refractivity contribution in [3.8, 4) is 0 Å². The van der Waals surface area contributed by atoms with E-state index >= 15 is 0 Å². The summed E-state index contributed by atoms with van der Waals surface area (Å²) in [4.78, 5) is 0. The molecule has 2 aromatic carbocycles. The monoisotopic (exact) mass is 302 g/mol. The first-order valence-corrected chi connectivity index (χ1v) is 6.30. The van der Waals surface area contributed by atoms with Gasteiger partial charge >= 0.3 is 0 Å². The highest BCUT2D eigenvalue weighted by Gasteiger charge is 2.14. The second-order valence-electron chi connectivity index (χ2n) is 4.13. The van der Waals surface area contributed by atoms with Crippen LogP contribution >= 0.6 is 23.2 Å². The Bertz CT molecular complexity index is 602. The van der Waals surface area contributed by atoms with Gasteiger partial charge in [0.25, 0.3) is 0 Å². The molecule has 0 fully saturated rings. The Morgan fingerprint density at radius 3 is 2.37 bits per heavy atom. The van der Waals surface area contributed by atoms with E-state index < -0.39 is 17.7 Å². The van der Waals surface area contributed by atoms with E-state index in [4.69, 9.17) is 23.2 Å². The van der Waals surface area contributed by atoms with Crippen molar-refractivity contribution in [3.63, 3.8) is 0 Å². The first kappa shape index (κ1) is 14.3. The topological polar surface area (TPSA) is 20.2 Å². The summed E-state index contributed by atoms with van der Waals surface area (Å²) < 4.78 is 25.9. The largest absolute Gasteiger partial charge is 0.388 e. The van der Waals surface area contributed by atoms with Crippen molar-refractivity contribution in [1.29, 1.82) is 0 Å². The maximum atomic E-state index is 13.1. The van der Waals surface area contributed by atoms with Gasteiger partial charge in [-0.15, -0.1) is 0 Å². The third kappa shape index (κ3) is 3.44. The molecule has 0 spiro atoms. The average molecular weight is 303 g/mol. The molecule has 2 aromatic rings. The van der Waals surface area contributed by atoms with E-state index in [1.807, 2.05) is 0 Å². The number of halogens is 4. The zero-order valence-corrected chi connectivity index (χ0v) is 11.2. The van der Waals surface area contributed by atoms with Crippen molar-refractivity contribution in [2.75, 3.05) is 0 Å². The van der Waals surface area contributed by atoms with Crippen LogP contribution in [-0.2, 0) is 6.42 Å². The van der Waals surface area contributed by atoms with Crippen molar-refractivity contribution in [3.05, 3.63) is 69.2 Å². The number of rotatable bonds is 3. The summed E-state index contributed by atoms with van der Waals surface area (Å²) >= 11 is 11.7. The molecule has 0 aliphatic rings. The van der Waals surface area contributed by atoms with Crippen LogP contribution < -0.4 is 0 Å². The summed E-state index contributed by atoms with van der Waals surface area (Å²) in [6.07, 6.45) is -0.770. The molecule has 0 aromatic heterocycles. The van der Waals surface area contributed by atoms with E-state index in [1.54, 1.807) is 12.1 Å². The zero-order chi connectivity index (χ0) is 14.0. The van der Waals surface area contributed by atoms with Crippen LogP contribution in [0.15, 0.2) is 36.4 Å². The highest BCUT2D eigenvalue weighted by molar-refractivity contribution is 6.35. The van der Waals surface area contributed by atoms with Crippen molar-refractivity contribution in [2.24, 2.45) is 0 Å². The predicted molar refractivity (Wildman–Crippen MR) is 71.5 cm³/mol. The second-order valence-corrected chi connectivity index (χ2v) is 4.98. The Morgan fingerprint density at radius 1 is 1.00 bits per heavy atom. The molecule has 2 rings (SSSR count). The molecule has 0 bridgehead atoms. The van der Waals surface area contributed by atoms with E-state index in [2.05, 4.69) is 0 Å². The van der Waals surface area contributed by atoms with Gasteiger partial charge in [-0.3, -0.25) is 0 Å². The summed E-state index contributed by atoms with van der Waals surface area (Å²) in [5.41, 5.74) is 0.980. The molecule has 0 saturated heterocycles. The van der Waals surface area contributed by atoms with Crippen LogP contribution in [0.3, 0.4) is 0 Å². The smallest absolute Gasteiger partial charge is 0.159 e. The van der Waals surface area contributed by atoms with Crippen molar-refractivity contribution < 1.29 is 13.9 Å². The van der Waals surface area contributed by atoms with Crippen molar-refractivity contribution in [1.82, 2.24) is 0 Å². The maximum Gasteiger partial charge on any atom is 0.159 e. The minimum absolute atomic E-state index is 0.137. The van der Waals surface area contributed by atoms with E-state index in [9.17, 15) is 13.9 Å². The highest BCUT2D eigenvalue weighted by atomic mass is 35.5. The molecule has 1 unspecified atom stereocenters. The summed E-state index contributed by atoms with van der Waals surface area (Å²) in [5.74, 6) is -1.85. The number of hydrogen-bond acceptors (Lipinski definition) is 1. The van der Waals surface area contributed by atoms with Gasteiger partial charge in [0.2, 0.25) is 0 Å². The van der Waals surface area contributed by atoms with E-state index in [-0.39, 0.29) is 6.42 Å². The normalized spacial score (nSPS) is 12.5. The lowest BCUT2D eigenvalue weighted by Crippen LogP contribution is -2.03. The standard InChI is InChI=1S/C14H10Cl2F2O/c15-9-2-3-10(11(16)7-9)14(19)6-8-1-4-12(17)13(18)5-8/h1-5,7,14,19H,6H2. The Labute approximate surface area is 119 Å². The molecule has 1 atom stereocenters. The van der Waals surface area contributed by atoms with Crippen LogP contribution in [0.25, 0.3) is 0 Å². The Morgan fingerprint density at radius 2 is 1.74 bits per heavy atom. The van der Waals surface area contributed by atoms with Gasteiger partial charge in [0.1, 0.15) is 0 Å². The first-order chi connectivity index (χ1) is 8.97. The van der Waals surface area contributed by atoms with Crippen LogP contribution in [0.4, 0.5) is 8.78 Å². The maximum absolute atomic E-state index is 13.1. The van der Waals surface area contributed by atoms with Crippen LogP contribution in [0, 0.1) is 11.6 Å². The second kappa shape index (κ2) is 5.87. The molecule has 0 amide bonds. The number of aliphatic hydroxyl groups is 1. The summed E-state index contributed by atoms with van der Waals surface area (Å²) in [7, 11) is 0. The average Bonchev–Trinajstić information content (AvgIpc) is 2.33. The fourth-order valence-electron chi connectivity index (χ4n) is 1.77. The summed E-state index contributed by atoms with van der Waals surface area (Å²) in [5, 5.41) is 10.9. The van der Waals surface area contributed by atoms with Gasteiger partial charge in [-0.25, -0.2) is 8.78 Å². The predicted octanol–water partition coefficient (Wildman–Crippen LogP) is 4.55. The number of benzene rings is 2. The van der Waals surface area contributed by atoms with Gasteiger partial charge in [-0.05, 0) is 35.4 Å². The molecule has 100 valence electrons. The molecular formula is C14H10Cl2F2O. The summed E-state index contributed by atoms with van der Waals surface area (Å²) in [6.45, 7) is 0. The third-order valence-corrected chi connectivity index (χ3v) is 3.30. The van der Waals surface area contributed by atoms with Crippen LogP contribution in [0.1, 0.15) is 17.2 Å². The van der Waals surface area contributed by atoms with Gasteiger partial charge < -0.3 is 5.11 Å². The lowest BCUT2D eigenvalue weighted by Gasteiger charge is -2.13. The highest BCUT2D eigenvalue weighted by Crippen LogP contribution is 2.28. The number of hydrogen-bond donors (Lipinski definition) is 1. The van der Waals surface area contributed by atoms with E-state index in [1.165, 1.54) is 12.1 Å². The Hall–Kier alpha value is -1.16. The van der Waals surface area contributed by atoms with E-state index in [0.717, 1.165) is 12.1 Å². The van der Waals surface area contributed by atoms with Crippen LogP contribution in [0.5, 0.6) is 0 Å². The minimum atomic E-state index is -0.938. The quantitative estimate of drug-likeness (QED) is 0.882. The lowest BCUT2D eigenvalue weighted by molar-refractivity contribution is 0.178. The summed E-state index contributed by atoms with van der Waals surface area (Å²) in [6, 6.07) is 8.24. The van der Waals surface area contributed by atoms with Gasteiger partial charge in [0.15, 0.2) is 11.6 Å². The fourth-order valence-corrected chi connectivity index (χ4v) is 2.31. The molecule has 0 heterocycles. The first-order valence-electron chi connectivity index (χ1n) is 5.54. The molecule has 0 radical (unpaired) electrons. The van der Waals surface area contributed by atoms with Crippen LogP contribution in [0.2, 0.25) is 10.0 Å². The van der Waals surface area contributed by atoms with Gasteiger partial charge in [0, 0.05) is 16.5 Å². The molecule has 1 nitrogen and oxygen atoms in total. The van der Waals surface area contributed by atoms with Crippen molar-refractivity contribution >= 4 is 23.2 Å². The van der Waals surface area contributed by atoms with Gasteiger partial charge in [-0.1, -0.05) is 35.3 Å². The van der Waals surface area contributed by atoms with E-state index in [0.29, 0.717) is 21.2 Å². The SMILES string of the molecule is OC(Cc1ccc(F)c(F)c1)c1ccc(Cl)cc1Cl. The molecule has 19 heavy (non-hydrogen) atoms. The Balaban J connectivity index is 2.20. The van der Waals surface area contributed by atoms with Crippen molar-refractivity contribution in [2.45, 2.75) is 12.5 Å². The van der Waals surface area contributed by atoms with Crippen LogP contribution in [-0.4, -0.2) is 5.11 Å². The minimum Gasteiger partial charge on any atom is -0.388 e. The van der Waals surface area contributed by atoms with Gasteiger partial charge in [-0.2, -0.15) is 0 Å². The fraction of sp³-hybridized carbons (Fsp3) is 0.143. The number of aliphatic hydroxyl groups excluding tert-OH is 1. The molecule has 0 saturated carbocycles. The lowest BCUT2D eigenvalue weighted by atomic mass is 10.0. The van der Waals surface area contributed by atoms with Gasteiger partial charge in [0.05, 0.1) is 6.10 Å². The molecule has 0 aliphatic carbocycles. The molecular weight excluding hydrogens is 293 g/mol. The molecule has 1 N–H and O–H groups in total. The molecule has 5 heteroatoms. The third-order valence-electron chi connectivity index (χ3n) is 2.73. The Kier molecular flexibility index (Phi) is 4.40.